The van der Waals surface area contributed by atoms with Crippen molar-refractivity contribution >= 4 is 5.91 Å². The smallest absolute Gasteiger partial charge is 0.225 e. The Hall–Kier alpha value is -1.91. The number of carbonyl (C=O) groups excluding carboxylic acids is 1. The topological polar surface area (TPSA) is 67.8 Å². The summed E-state index contributed by atoms with van der Waals surface area (Å²) < 4.78 is 10.2. The third-order valence-electron chi connectivity index (χ3n) is 3.49. The molecule has 0 fully saturated rings. The lowest BCUT2D eigenvalue weighted by molar-refractivity contribution is -0.129. The molecule has 0 saturated heterocycles. The van der Waals surface area contributed by atoms with E-state index in [0.29, 0.717) is 18.0 Å². The lowest BCUT2D eigenvalue weighted by Gasteiger charge is -2.21. The molecule has 0 radical (unpaired) electrons. The van der Waals surface area contributed by atoms with Gasteiger partial charge in [0.05, 0.1) is 14.2 Å². The molecular formula is C15H23NO4. The number of ether oxygens (including phenoxy) is 2. The van der Waals surface area contributed by atoms with Gasteiger partial charge in [0.25, 0.3) is 0 Å². The highest BCUT2D eigenvalue weighted by atomic mass is 16.5. The van der Waals surface area contributed by atoms with Crippen molar-refractivity contribution in [3.63, 3.8) is 0 Å². The normalized spacial score (nSPS) is 11.1. The average molecular weight is 281 g/mol. The Labute approximate surface area is 119 Å². The van der Waals surface area contributed by atoms with Crippen LogP contribution in [0.25, 0.3) is 0 Å². The summed E-state index contributed by atoms with van der Waals surface area (Å²) in [4.78, 5) is 12.0. The Morgan fingerprint density at radius 2 is 1.75 bits per heavy atom. The lowest BCUT2D eigenvalue weighted by atomic mass is 9.89. The van der Waals surface area contributed by atoms with Gasteiger partial charge in [-0.15, -0.1) is 0 Å². The molecule has 1 aromatic carbocycles. The molecule has 0 aliphatic heterocycles. The molecule has 5 heteroatoms. The van der Waals surface area contributed by atoms with Crippen LogP contribution in [-0.4, -0.2) is 25.2 Å². The van der Waals surface area contributed by atoms with Crippen LogP contribution in [0.5, 0.6) is 17.2 Å². The second kappa shape index (κ2) is 6.50. The number of phenols is 1. The minimum Gasteiger partial charge on any atom is -0.502 e. The Morgan fingerprint density at radius 3 is 2.15 bits per heavy atom. The van der Waals surface area contributed by atoms with E-state index in [1.807, 2.05) is 20.8 Å². The van der Waals surface area contributed by atoms with E-state index in [-0.39, 0.29) is 11.7 Å². The molecule has 0 aliphatic rings. The van der Waals surface area contributed by atoms with Gasteiger partial charge in [-0.1, -0.05) is 20.8 Å². The Bertz CT molecular complexity index is 458. The van der Waals surface area contributed by atoms with Crippen LogP contribution in [0.15, 0.2) is 12.1 Å². The van der Waals surface area contributed by atoms with Crippen LogP contribution in [0, 0.1) is 5.41 Å². The predicted octanol–water partition coefficient (Wildman–Crippen LogP) is 2.46. The first-order valence-electron chi connectivity index (χ1n) is 6.57. The zero-order valence-electron chi connectivity index (χ0n) is 12.7. The van der Waals surface area contributed by atoms with E-state index in [0.717, 1.165) is 12.0 Å². The van der Waals surface area contributed by atoms with E-state index >= 15 is 0 Å². The van der Waals surface area contributed by atoms with Crippen molar-refractivity contribution in [3.8, 4) is 17.2 Å². The lowest BCUT2D eigenvalue weighted by Crippen LogP contribution is -2.35. The van der Waals surface area contributed by atoms with Gasteiger partial charge in [0.1, 0.15) is 0 Å². The zero-order valence-corrected chi connectivity index (χ0v) is 12.7. The van der Waals surface area contributed by atoms with Gasteiger partial charge in [-0.05, 0) is 24.1 Å². The molecule has 1 aromatic rings. The Kier molecular flexibility index (Phi) is 5.25. The van der Waals surface area contributed by atoms with Crippen LogP contribution in [0.3, 0.4) is 0 Å². The molecule has 0 saturated carbocycles. The van der Waals surface area contributed by atoms with Crippen LogP contribution in [0.2, 0.25) is 0 Å². The molecule has 112 valence electrons. The third kappa shape index (κ3) is 3.56. The molecule has 0 unspecified atom stereocenters. The van der Waals surface area contributed by atoms with E-state index in [1.54, 1.807) is 12.1 Å². The molecule has 0 heterocycles. The van der Waals surface area contributed by atoms with Crippen molar-refractivity contribution in [2.75, 3.05) is 14.2 Å². The molecule has 1 rings (SSSR count). The monoisotopic (exact) mass is 281 g/mol. The zero-order chi connectivity index (χ0) is 15.3. The maximum Gasteiger partial charge on any atom is 0.225 e. The van der Waals surface area contributed by atoms with Crippen LogP contribution in [0.4, 0.5) is 0 Å². The van der Waals surface area contributed by atoms with Gasteiger partial charge in [0.2, 0.25) is 11.7 Å². The molecule has 20 heavy (non-hydrogen) atoms. The third-order valence-corrected chi connectivity index (χ3v) is 3.49. The van der Waals surface area contributed by atoms with Gasteiger partial charge >= 0.3 is 0 Å². The first kappa shape index (κ1) is 16.1. The summed E-state index contributed by atoms with van der Waals surface area (Å²) in [5.74, 6) is 0.594. The van der Waals surface area contributed by atoms with Gasteiger partial charge in [0.15, 0.2) is 11.5 Å². The standard InChI is InChI=1S/C15H23NO4/c1-6-15(2,3)14(18)16-9-10-7-11(19-4)13(17)12(8-10)20-5/h7-8,17H,6,9H2,1-5H3,(H,16,18). The van der Waals surface area contributed by atoms with Crippen LogP contribution in [-0.2, 0) is 11.3 Å². The maximum absolute atomic E-state index is 12.0. The summed E-state index contributed by atoms with van der Waals surface area (Å²) in [5, 5.41) is 12.7. The van der Waals surface area contributed by atoms with Gasteiger partial charge in [-0.2, -0.15) is 0 Å². The number of rotatable bonds is 6. The molecule has 0 atom stereocenters. The number of benzene rings is 1. The fraction of sp³-hybridized carbons (Fsp3) is 0.533. The largest absolute Gasteiger partial charge is 0.502 e. The number of hydrogen-bond donors (Lipinski definition) is 2. The summed E-state index contributed by atoms with van der Waals surface area (Å²) in [5.41, 5.74) is 0.405. The summed E-state index contributed by atoms with van der Waals surface area (Å²) in [6.07, 6.45) is 0.765. The average Bonchev–Trinajstić information content (AvgIpc) is 2.45. The van der Waals surface area contributed by atoms with Crippen LogP contribution >= 0.6 is 0 Å². The van der Waals surface area contributed by atoms with Gasteiger partial charge < -0.3 is 19.9 Å². The number of methoxy groups -OCH3 is 2. The number of hydrogen-bond acceptors (Lipinski definition) is 4. The molecule has 2 N–H and O–H groups in total. The fourth-order valence-corrected chi connectivity index (χ4v) is 1.63. The molecule has 0 spiro atoms. The van der Waals surface area contributed by atoms with Gasteiger partial charge in [-0.25, -0.2) is 0 Å². The SMILES string of the molecule is CCC(C)(C)C(=O)NCc1cc(OC)c(O)c(OC)c1. The molecular weight excluding hydrogens is 258 g/mol. The van der Waals surface area contributed by atoms with Crippen molar-refractivity contribution in [1.29, 1.82) is 0 Å². The summed E-state index contributed by atoms with van der Waals surface area (Å²) in [6, 6.07) is 3.36. The van der Waals surface area contributed by atoms with Crippen molar-refractivity contribution in [2.45, 2.75) is 33.7 Å². The number of phenolic OH excluding ortho intramolecular Hbond substituents is 1. The number of carbonyl (C=O) groups is 1. The highest BCUT2D eigenvalue weighted by Crippen LogP contribution is 2.37. The minimum atomic E-state index is -0.398. The first-order chi connectivity index (χ1) is 9.35. The molecule has 5 nitrogen and oxygen atoms in total. The quantitative estimate of drug-likeness (QED) is 0.840. The van der Waals surface area contributed by atoms with E-state index in [2.05, 4.69) is 5.32 Å². The van der Waals surface area contributed by atoms with Crippen LogP contribution in [0.1, 0.15) is 32.8 Å². The van der Waals surface area contributed by atoms with Gasteiger partial charge in [-0.3, -0.25) is 4.79 Å². The minimum absolute atomic E-state index is 0.00833. The summed E-state index contributed by atoms with van der Waals surface area (Å²) in [6.45, 7) is 6.14. The predicted molar refractivity (Wildman–Crippen MR) is 77.1 cm³/mol. The number of amides is 1. The fourth-order valence-electron chi connectivity index (χ4n) is 1.63. The van der Waals surface area contributed by atoms with Crippen molar-refractivity contribution in [3.05, 3.63) is 17.7 Å². The highest BCUT2D eigenvalue weighted by molar-refractivity contribution is 5.81. The van der Waals surface area contributed by atoms with Crippen LogP contribution < -0.4 is 14.8 Å². The number of nitrogens with one attached hydrogen (secondary N) is 1. The Morgan fingerprint density at radius 1 is 1.25 bits per heavy atom. The van der Waals surface area contributed by atoms with Crippen molar-refractivity contribution < 1.29 is 19.4 Å². The second-order valence-corrected chi connectivity index (χ2v) is 5.27. The molecule has 0 aromatic heterocycles. The summed E-state index contributed by atoms with van der Waals surface area (Å²) in [7, 11) is 2.94. The van der Waals surface area contributed by atoms with Crippen molar-refractivity contribution in [2.24, 2.45) is 5.41 Å². The molecule has 1 amide bonds. The first-order valence-corrected chi connectivity index (χ1v) is 6.57. The molecule has 0 aliphatic carbocycles. The van der Waals surface area contributed by atoms with E-state index in [9.17, 15) is 9.90 Å². The summed E-state index contributed by atoms with van der Waals surface area (Å²) >= 11 is 0. The number of aromatic hydroxyl groups is 1. The highest BCUT2D eigenvalue weighted by Gasteiger charge is 2.24. The van der Waals surface area contributed by atoms with E-state index in [4.69, 9.17) is 9.47 Å². The van der Waals surface area contributed by atoms with E-state index < -0.39 is 5.41 Å². The maximum atomic E-state index is 12.0. The van der Waals surface area contributed by atoms with Gasteiger partial charge in [0, 0.05) is 12.0 Å². The molecule has 0 bridgehead atoms. The van der Waals surface area contributed by atoms with E-state index in [1.165, 1.54) is 14.2 Å². The Balaban J connectivity index is 2.86. The second-order valence-electron chi connectivity index (χ2n) is 5.27. The van der Waals surface area contributed by atoms with Crippen molar-refractivity contribution in [1.82, 2.24) is 5.32 Å².